The number of halogens is 3. The van der Waals surface area contributed by atoms with E-state index in [1.807, 2.05) is 18.2 Å². The number of amides is 2. The second kappa shape index (κ2) is 7.88. The topological polar surface area (TPSA) is 49.4 Å². The van der Waals surface area contributed by atoms with Crippen LogP contribution < -0.4 is 5.32 Å². The van der Waals surface area contributed by atoms with Crippen molar-refractivity contribution in [2.45, 2.75) is 26.1 Å². The minimum Gasteiger partial charge on any atom is -0.334 e. The van der Waals surface area contributed by atoms with E-state index in [0.29, 0.717) is 25.1 Å². The molecule has 2 amide bonds. The number of anilines is 1. The summed E-state index contributed by atoms with van der Waals surface area (Å²) >= 11 is 0. The molecule has 28 heavy (non-hydrogen) atoms. The summed E-state index contributed by atoms with van der Waals surface area (Å²) in [6.45, 7) is 2.29. The number of nitrogens with one attached hydrogen (secondary N) is 1. The van der Waals surface area contributed by atoms with Crippen LogP contribution in [0.1, 0.15) is 29.2 Å². The molecule has 1 aliphatic rings. The number of hydrogen-bond donors (Lipinski definition) is 1. The molecular weight excluding hydrogens is 369 g/mol. The van der Waals surface area contributed by atoms with Gasteiger partial charge in [-0.3, -0.25) is 9.59 Å². The van der Waals surface area contributed by atoms with Crippen molar-refractivity contribution < 1.29 is 22.8 Å². The smallest absolute Gasteiger partial charge is 0.334 e. The van der Waals surface area contributed by atoms with E-state index in [-0.39, 0.29) is 11.8 Å². The van der Waals surface area contributed by atoms with Gasteiger partial charge in [-0.05, 0) is 47.4 Å². The van der Waals surface area contributed by atoms with Crippen LogP contribution in [-0.2, 0) is 28.7 Å². The lowest BCUT2D eigenvalue weighted by molar-refractivity contribution is -0.137. The first kappa shape index (κ1) is 19.7. The SMILES string of the molecule is CC(=O)Nc1cccc2c1CCN(C(=O)/C=C/c1cccc(C(F)(F)F)c1)C2. The molecule has 146 valence electrons. The van der Waals surface area contributed by atoms with Gasteiger partial charge < -0.3 is 10.2 Å². The van der Waals surface area contributed by atoms with Crippen LogP contribution >= 0.6 is 0 Å². The van der Waals surface area contributed by atoms with Gasteiger partial charge in [0.25, 0.3) is 0 Å². The Balaban J connectivity index is 1.72. The van der Waals surface area contributed by atoms with E-state index in [0.717, 1.165) is 28.9 Å². The molecule has 3 rings (SSSR count). The van der Waals surface area contributed by atoms with Crippen LogP contribution in [0.4, 0.5) is 18.9 Å². The van der Waals surface area contributed by atoms with Gasteiger partial charge in [-0.1, -0.05) is 24.3 Å². The fraction of sp³-hybridized carbons (Fsp3) is 0.238. The Bertz CT molecular complexity index is 935. The van der Waals surface area contributed by atoms with Crippen LogP contribution in [-0.4, -0.2) is 23.3 Å². The maximum atomic E-state index is 12.8. The standard InChI is InChI=1S/C21H19F3N2O2/c1-14(27)25-19-7-3-5-16-13-26(11-10-18(16)19)20(28)9-8-15-4-2-6-17(12-15)21(22,23)24/h2-9,12H,10-11,13H2,1H3,(H,25,27)/b9-8+. The Morgan fingerprint density at radius 1 is 1.14 bits per heavy atom. The zero-order valence-electron chi connectivity index (χ0n) is 15.2. The number of carbonyl (C=O) groups excluding carboxylic acids is 2. The van der Waals surface area contributed by atoms with Gasteiger partial charge in [-0.25, -0.2) is 0 Å². The van der Waals surface area contributed by atoms with E-state index in [9.17, 15) is 22.8 Å². The van der Waals surface area contributed by atoms with Gasteiger partial charge >= 0.3 is 6.18 Å². The van der Waals surface area contributed by atoms with Crippen molar-refractivity contribution in [3.63, 3.8) is 0 Å². The first-order valence-corrected chi connectivity index (χ1v) is 8.76. The number of carbonyl (C=O) groups is 2. The van der Waals surface area contributed by atoms with Crippen molar-refractivity contribution in [1.29, 1.82) is 0 Å². The average Bonchev–Trinajstić information content (AvgIpc) is 2.65. The first-order chi connectivity index (χ1) is 13.2. The first-order valence-electron chi connectivity index (χ1n) is 8.76. The highest BCUT2D eigenvalue weighted by Crippen LogP contribution is 2.30. The molecule has 0 fully saturated rings. The molecule has 0 radical (unpaired) electrons. The number of nitrogens with zero attached hydrogens (tertiary/aromatic N) is 1. The third-order valence-electron chi connectivity index (χ3n) is 4.52. The highest BCUT2D eigenvalue weighted by Gasteiger charge is 2.30. The molecule has 2 aromatic rings. The molecule has 0 saturated carbocycles. The molecule has 0 bridgehead atoms. The van der Waals surface area contributed by atoms with E-state index in [2.05, 4.69) is 5.32 Å². The molecule has 1 N–H and O–H groups in total. The van der Waals surface area contributed by atoms with Crippen molar-refractivity contribution in [3.05, 3.63) is 70.8 Å². The molecule has 1 aliphatic heterocycles. The van der Waals surface area contributed by atoms with Crippen molar-refractivity contribution in [2.75, 3.05) is 11.9 Å². The van der Waals surface area contributed by atoms with Gasteiger partial charge in [0.15, 0.2) is 0 Å². The second-order valence-corrected chi connectivity index (χ2v) is 6.59. The zero-order valence-corrected chi connectivity index (χ0v) is 15.2. The van der Waals surface area contributed by atoms with Gasteiger partial charge in [-0.2, -0.15) is 13.2 Å². The second-order valence-electron chi connectivity index (χ2n) is 6.59. The number of rotatable bonds is 3. The highest BCUT2D eigenvalue weighted by molar-refractivity contribution is 5.92. The van der Waals surface area contributed by atoms with E-state index in [4.69, 9.17) is 0 Å². The minimum atomic E-state index is -4.42. The van der Waals surface area contributed by atoms with E-state index < -0.39 is 11.7 Å². The molecule has 1 heterocycles. The molecule has 0 aliphatic carbocycles. The Morgan fingerprint density at radius 3 is 2.61 bits per heavy atom. The Kier molecular flexibility index (Phi) is 5.53. The van der Waals surface area contributed by atoms with E-state index in [1.54, 1.807) is 4.90 Å². The fourth-order valence-corrected chi connectivity index (χ4v) is 3.20. The van der Waals surface area contributed by atoms with Crippen LogP contribution in [0, 0.1) is 0 Å². The molecular formula is C21H19F3N2O2. The molecule has 0 atom stereocenters. The summed E-state index contributed by atoms with van der Waals surface area (Å²) in [7, 11) is 0. The van der Waals surface area contributed by atoms with Gasteiger partial charge in [0, 0.05) is 31.8 Å². The maximum Gasteiger partial charge on any atom is 0.416 e. The Hall–Kier alpha value is -3.09. The average molecular weight is 388 g/mol. The number of hydrogen-bond acceptors (Lipinski definition) is 2. The fourth-order valence-electron chi connectivity index (χ4n) is 3.20. The molecule has 2 aromatic carbocycles. The Morgan fingerprint density at radius 2 is 1.89 bits per heavy atom. The summed E-state index contributed by atoms with van der Waals surface area (Å²) in [5.74, 6) is -0.427. The van der Waals surface area contributed by atoms with Crippen LogP contribution in [0.5, 0.6) is 0 Å². The lowest BCUT2D eigenvalue weighted by atomic mass is 9.97. The minimum absolute atomic E-state index is 0.157. The van der Waals surface area contributed by atoms with Gasteiger partial charge in [0.1, 0.15) is 0 Å². The Labute approximate surface area is 160 Å². The molecule has 0 unspecified atom stereocenters. The largest absolute Gasteiger partial charge is 0.416 e. The number of alkyl halides is 3. The molecule has 0 aromatic heterocycles. The predicted octanol–water partition coefficient (Wildman–Crippen LogP) is 4.26. The third kappa shape index (κ3) is 4.60. The summed E-state index contributed by atoms with van der Waals surface area (Å²) in [4.78, 5) is 25.4. The van der Waals surface area contributed by atoms with Crippen molar-refractivity contribution in [3.8, 4) is 0 Å². The van der Waals surface area contributed by atoms with Crippen molar-refractivity contribution >= 4 is 23.6 Å². The number of benzene rings is 2. The van der Waals surface area contributed by atoms with E-state index in [1.165, 1.54) is 31.2 Å². The quantitative estimate of drug-likeness (QED) is 0.799. The molecule has 0 spiro atoms. The summed E-state index contributed by atoms with van der Waals surface area (Å²) in [6.07, 6.45) is -1.15. The van der Waals surface area contributed by atoms with E-state index >= 15 is 0 Å². The lowest BCUT2D eigenvalue weighted by Gasteiger charge is -2.29. The molecule has 4 nitrogen and oxygen atoms in total. The van der Waals surface area contributed by atoms with Crippen molar-refractivity contribution in [1.82, 2.24) is 4.90 Å². The van der Waals surface area contributed by atoms with Crippen LogP contribution in [0.15, 0.2) is 48.5 Å². The third-order valence-corrected chi connectivity index (χ3v) is 4.52. The van der Waals surface area contributed by atoms with Crippen molar-refractivity contribution in [2.24, 2.45) is 0 Å². The zero-order chi connectivity index (χ0) is 20.3. The number of fused-ring (bicyclic) bond motifs is 1. The summed E-state index contributed by atoms with van der Waals surface area (Å²) in [5, 5.41) is 2.79. The van der Waals surface area contributed by atoms with Crippen LogP contribution in [0.25, 0.3) is 6.08 Å². The molecule has 7 heteroatoms. The monoisotopic (exact) mass is 388 g/mol. The highest BCUT2D eigenvalue weighted by atomic mass is 19.4. The summed E-state index contributed by atoms with van der Waals surface area (Å²) in [5.41, 5.74) is 2.26. The van der Waals surface area contributed by atoms with Crippen LogP contribution in [0.2, 0.25) is 0 Å². The maximum absolute atomic E-state index is 12.8. The van der Waals surface area contributed by atoms with Crippen LogP contribution in [0.3, 0.4) is 0 Å². The summed E-state index contributed by atoms with van der Waals surface area (Å²) < 4.78 is 38.4. The van der Waals surface area contributed by atoms with Gasteiger partial charge in [0.05, 0.1) is 5.56 Å². The molecule has 0 saturated heterocycles. The van der Waals surface area contributed by atoms with Gasteiger partial charge in [-0.15, -0.1) is 0 Å². The summed E-state index contributed by atoms with van der Waals surface area (Å²) in [6, 6.07) is 10.4. The lowest BCUT2D eigenvalue weighted by Crippen LogP contribution is -2.35. The normalized spacial score (nSPS) is 14.1. The predicted molar refractivity (Wildman–Crippen MR) is 100 cm³/mol. The van der Waals surface area contributed by atoms with Gasteiger partial charge in [0.2, 0.25) is 11.8 Å².